The molecule has 0 unspecified atom stereocenters. The highest BCUT2D eigenvalue weighted by Gasteiger charge is 2.11. The lowest BCUT2D eigenvalue weighted by atomic mass is 10.2. The summed E-state index contributed by atoms with van der Waals surface area (Å²) in [5.41, 5.74) is 1.05. The minimum Gasteiger partial charge on any atom is -0.338 e. The van der Waals surface area contributed by atoms with Gasteiger partial charge < -0.3 is 4.52 Å². The molecule has 108 valence electrons. The lowest BCUT2D eigenvalue weighted by Crippen LogP contribution is -1.88. The summed E-state index contributed by atoms with van der Waals surface area (Å²) in [6.45, 7) is 0. The van der Waals surface area contributed by atoms with E-state index < -0.39 is 0 Å². The Morgan fingerprint density at radius 3 is 3.00 bits per heavy atom. The van der Waals surface area contributed by atoms with E-state index in [4.69, 9.17) is 9.78 Å². The zero-order valence-corrected chi connectivity index (χ0v) is 12.0. The van der Waals surface area contributed by atoms with Gasteiger partial charge in [-0.1, -0.05) is 29.1 Å². The van der Waals surface area contributed by atoms with Crippen LogP contribution in [0.4, 0.5) is 4.39 Å². The second kappa shape index (κ2) is 6.37. The van der Waals surface area contributed by atoms with Gasteiger partial charge in [0.05, 0.1) is 11.3 Å². The molecular weight excluding hydrogens is 303 g/mol. The predicted molar refractivity (Wildman–Crippen MR) is 78.2 cm³/mol. The van der Waals surface area contributed by atoms with Crippen molar-refractivity contribution in [1.82, 2.24) is 15.1 Å². The van der Waals surface area contributed by atoms with Gasteiger partial charge in [-0.25, -0.2) is 9.37 Å². The number of nitriles is 1. The SMILES string of the molecule is N#Cc1cccnc1SCc1nc(-c2cccc(F)c2)no1. The maximum absolute atomic E-state index is 13.2. The van der Waals surface area contributed by atoms with Crippen LogP contribution in [0, 0.1) is 17.1 Å². The Bertz CT molecular complexity index is 843. The fourth-order valence-electron chi connectivity index (χ4n) is 1.78. The van der Waals surface area contributed by atoms with Gasteiger partial charge >= 0.3 is 0 Å². The van der Waals surface area contributed by atoms with E-state index in [0.29, 0.717) is 33.6 Å². The molecule has 0 bridgehead atoms. The molecule has 5 nitrogen and oxygen atoms in total. The molecule has 0 saturated carbocycles. The molecule has 1 aromatic carbocycles. The lowest BCUT2D eigenvalue weighted by molar-refractivity contribution is 0.391. The summed E-state index contributed by atoms with van der Waals surface area (Å²) >= 11 is 1.33. The molecule has 3 aromatic rings. The monoisotopic (exact) mass is 312 g/mol. The van der Waals surface area contributed by atoms with Crippen LogP contribution in [0.3, 0.4) is 0 Å². The normalized spacial score (nSPS) is 10.4. The van der Waals surface area contributed by atoms with Gasteiger partial charge in [0, 0.05) is 11.8 Å². The van der Waals surface area contributed by atoms with Crippen LogP contribution in [0.15, 0.2) is 52.1 Å². The van der Waals surface area contributed by atoms with E-state index >= 15 is 0 Å². The molecule has 0 saturated heterocycles. The molecule has 2 aromatic heterocycles. The molecular formula is C15H9FN4OS. The van der Waals surface area contributed by atoms with Crippen LogP contribution in [0.5, 0.6) is 0 Å². The first-order valence-electron chi connectivity index (χ1n) is 6.32. The molecule has 0 amide bonds. The first-order chi connectivity index (χ1) is 10.8. The third kappa shape index (κ3) is 3.13. The Kier molecular flexibility index (Phi) is 4.12. The van der Waals surface area contributed by atoms with Gasteiger partial charge in [-0.05, 0) is 24.3 Å². The third-order valence-electron chi connectivity index (χ3n) is 2.77. The molecule has 2 heterocycles. The van der Waals surface area contributed by atoms with Crippen LogP contribution in [-0.2, 0) is 5.75 Å². The number of thioether (sulfide) groups is 1. The van der Waals surface area contributed by atoms with Crippen molar-refractivity contribution in [3.63, 3.8) is 0 Å². The minimum absolute atomic E-state index is 0.330. The van der Waals surface area contributed by atoms with Crippen molar-refractivity contribution in [3.8, 4) is 17.5 Å². The van der Waals surface area contributed by atoms with Crippen LogP contribution < -0.4 is 0 Å². The smallest absolute Gasteiger partial charge is 0.237 e. The molecule has 0 spiro atoms. The molecule has 3 rings (SSSR count). The van der Waals surface area contributed by atoms with Crippen molar-refractivity contribution in [3.05, 3.63) is 59.9 Å². The fourth-order valence-corrected chi connectivity index (χ4v) is 2.56. The number of halogens is 1. The van der Waals surface area contributed by atoms with Gasteiger partial charge in [-0.15, -0.1) is 0 Å². The summed E-state index contributed by atoms with van der Waals surface area (Å²) in [5.74, 6) is 0.745. The Hall–Kier alpha value is -2.72. The summed E-state index contributed by atoms with van der Waals surface area (Å²) < 4.78 is 18.3. The van der Waals surface area contributed by atoms with E-state index in [1.54, 1.807) is 30.5 Å². The highest BCUT2D eigenvalue weighted by atomic mass is 32.2. The van der Waals surface area contributed by atoms with Crippen LogP contribution in [0.1, 0.15) is 11.5 Å². The lowest BCUT2D eigenvalue weighted by Gasteiger charge is -1.98. The molecule has 0 aliphatic rings. The quantitative estimate of drug-likeness (QED) is 0.687. The topological polar surface area (TPSA) is 75.6 Å². The Labute approximate surface area is 129 Å². The molecule has 0 radical (unpaired) electrons. The van der Waals surface area contributed by atoms with Crippen molar-refractivity contribution in [2.45, 2.75) is 10.8 Å². The maximum Gasteiger partial charge on any atom is 0.237 e. The first kappa shape index (κ1) is 14.2. The molecule has 7 heteroatoms. The van der Waals surface area contributed by atoms with Crippen LogP contribution in [0.25, 0.3) is 11.4 Å². The van der Waals surface area contributed by atoms with E-state index in [9.17, 15) is 4.39 Å². The van der Waals surface area contributed by atoms with Gasteiger partial charge in [-0.3, -0.25) is 0 Å². The van der Waals surface area contributed by atoms with Crippen molar-refractivity contribution >= 4 is 11.8 Å². The van der Waals surface area contributed by atoms with Crippen molar-refractivity contribution < 1.29 is 8.91 Å². The van der Waals surface area contributed by atoms with E-state index in [-0.39, 0.29) is 5.82 Å². The number of aromatic nitrogens is 3. The highest BCUT2D eigenvalue weighted by molar-refractivity contribution is 7.98. The van der Waals surface area contributed by atoms with E-state index in [2.05, 4.69) is 21.2 Å². The second-order valence-corrected chi connectivity index (χ2v) is 5.24. The van der Waals surface area contributed by atoms with Crippen LogP contribution >= 0.6 is 11.8 Å². The Morgan fingerprint density at radius 2 is 2.18 bits per heavy atom. The van der Waals surface area contributed by atoms with Crippen LogP contribution in [0.2, 0.25) is 0 Å². The standard InChI is InChI=1S/C15H9FN4OS/c16-12-5-1-3-10(7-12)14-19-13(21-20-14)9-22-15-11(8-17)4-2-6-18-15/h1-7H,9H2. The summed E-state index contributed by atoms with van der Waals surface area (Å²) in [7, 11) is 0. The Morgan fingerprint density at radius 1 is 1.27 bits per heavy atom. The number of nitrogens with zero attached hydrogens (tertiary/aromatic N) is 4. The van der Waals surface area contributed by atoms with Gasteiger partial charge in [0.15, 0.2) is 0 Å². The first-order valence-corrected chi connectivity index (χ1v) is 7.31. The number of hydrogen-bond donors (Lipinski definition) is 0. The van der Waals surface area contributed by atoms with Crippen molar-refractivity contribution in [2.75, 3.05) is 0 Å². The van der Waals surface area contributed by atoms with Gasteiger partial charge in [-0.2, -0.15) is 10.2 Å². The molecule has 0 fully saturated rings. The molecule has 0 aliphatic carbocycles. The van der Waals surface area contributed by atoms with Crippen molar-refractivity contribution in [2.24, 2.45) is 0 Å². The summed E-state index contributed by atoms with van der Waals surface area (Å²) in [6.07, 6.45) is 1.62. The van der Waals surface area contributed by atoms with E-state index in [1.165, 1.54) is 23.9 Å². The van der Waals surface area contributed by atoms with E-state index in [0.717, 1.165) is 0 Å². The highest BCUT2D eigenvalue weighted by Crippen LogP contribution is 2.24. The third-order valence-corrected chi connectivity index (χ3v) is 3.76. The number of hydrogen-bond acceptors (Lipinski definition) is 6. The Balaban J connectivity index is 1.74. The van der Waals surface area contributed by atoms with E-state index in [1.807, 2.05) is 0 Å². The zero-order valence-electron chi connectivity index (χ0n) is 11.2. The van der Waals surface area contributed by atoms with Gasteiger partial charge in [0.2, 0.25) is 11.7 Å². The second-order valence-electron chi connectivity index (χ2n) is 4.28. The number of benzene rings is 1. The molecule has 0 N–H and O–H groups in total. The summed E-state index contributed by atoms with van der Waals surface area (Å²) in [5, 5.41) is 13.4. The zero-order chi connectivity index (χ0) is 15.4. The van der Waals surface area contributed by atoms with Crippen molar-refractivity contribution in [1.29, 1.82) is 5.26 Å². The average Bonchev–Trinajstić information content (AvgIpc) is 3.02. The van der Waals surface area contributed by atoms with Crippen LogP contribution in [-0.4, -0.2) is 15.1 Å². The predicted octanol–water partition coefficient (Wildman–Crippen LogP) is 3.43. The largest absolute Gasteiger partial charge is 0.338 e. The fraction of sp³-hybridized carbons (Fsp3) is 0.0667. The minimum atomic E-state index is -0.356. The van der Waals surface area contributed by atoms with Gasteiger partial charge in [0.25, 0.3) is 0 Å². The molecule has 22 heavy (non-hydrogen) atoms. The summed E-state index contributed by atoms with van der Waals surface area (Å²) in [6, 6.07) is 11.5. The number of rotatable bonds is 4. The maximum atomic E-state index is 13.2. The molecule has 0 atom stereocenters. The number of pyridine rings is 1. The van der Waals surface area contributed by atoms with Gasteiger partial charge in [0.1, 0.15) is 16.9 Å². The average molecular weight is 312 g/mol. The molecule has 0 aliphatic heterocycles. The summed E-state index contributed by atoms with van der Waals surface area (Å²) in [4.78, 5) is 8.36.